The molecule has 2 aromatic carbocycles. The highest BCUT2D eigenvalue weighted by molar-refractivity contribution is 6.30. The lowest BCUT2D eigenvalue weighted by atomic mass is 9.73. The third kappa shape index (κ3) is 2.69. The first-order valence-electron chi connectivity index (χ1n) is 7.25. The van der Waals surface area contributed by atoms with Gasteiger partial charge in [-0.15, -0.1) is 0 Å². The quantitative estimate of drug-likeness (QED) is 0.839. The standard InChI is InChI=1S/C18H18ClNO2/c1-18(2)10-13-8-12(17(21)22)6-7-15(13)20-16(18)11-4-3-5-14(19)9-11/h3-9,16,20H,10H2,1-2H3,(H,21,22). The minimum absolute atomic E-state index is 0.0468. The largest absolute Gasteiger partial charge is 0.478 e. The summed E-state index contributed by atoms with van der Waals surface area (Å²) in [5.74, 6) is -0.891. The molecule has 1 aliphatic heterocycles. The molecule has 0 saturated carbocycles. The average Bonchev–Trinajstić information content (AvgIpc) is 2.44. The van der Waals surface area contributed by atoms with Crippen LogP contribution in [-0.2, 0) is 6.42 Å². The minimum atomic E-state index is -0.891. The van der Waals surface area contributed by atoms with Crippen molar-refractivity contribution in [1.82, 2.24) is 0 Å². The van der Waals surface area contributed by atoms with E-state index in [9.17, 15) is 4.79 Å². The third-order valence-corrected chi connectivity index (χ3v) is 4.50. The number of benzene rings is 2. The molecule has 1 atom stereocenters. The number of aromatic carboxylic acids is 1. The summed E-state index contributed by atoms with van der Waals surface area (Å²) >= 11 is 6.12. The zero-order valence-electron chi connectivity index (χ0n) is 12.6. The summed E-state index contributed by atoms with van der Waals surface area (Å²) < 4.78 is 0. The van der Waals surface area contributed by atoms with Crippen LogP contribution in [0.4, 0.5) is 5.69 Å². The molecule has 1 aliphatic rings. The summed E-state index contributed by atoms with van der Waals surface area (Å²) in [6.07, 6.45) is 0.813. The monoisotopic (exact) mass is 315 g/mol. The molecule has 0 saturated heterocycles. The summed E-state index contributed by atoms with van der Waals surface area (Å²) in [6.45, 7) is 4.36. The minimum Gasteiger partial charge on any atom is -0.478 e. The maximum absolute atomic E-state index is 11.1. The highest BCUT2D eigenvalue weighted by atomic mass is 35.5. The fraction of sp³-hybridized carbons (Fsp3) is 0.278. The second-order valence-electron chi connectivity index (χ2n) is 6.47. The first kappa shape index (κ1) is 14.9. The van der Waals surface area contributed by atoms with Gasteiger partial charge in [-0.25, -0.2) is 4.79 Å². The molecule has 114 valence electrons. The molecule has 2 N–H and O–H groups in total. The van der Waals surface area contributed by atoms with Crippen LogP contribution in [0, 0.1) is 5.41 Å². The van der Waals surface area contributed by atoms with Gasteiger partial charge in [0.15, 0.2) is 0 Å². The Balaban J connectivity index is 2.01. The van der Waals surface area contributed by atoms with Gasteiger partial charge in [0.2, 0.25) is 0 Å². The Hall–Kier alpha value is -2.00. The lowest BCUT2D eigenvalue weighted by molar-refractivity contribution is 0.0696. The van der Waals surface area contributed by atoms with Crippen LogP contribution in [0.15, 0.2) is 42.5 Å². The summed E-state index contributed by atoms with van der Waals surface area (Å²) in [5, 5.41) is 13.4. The van der Waals surface area contributed by atoms with Crippen LogP contribution in [0.1, 0.15) is 41.4 Å². The van der Waals surface area contributed by atoms with Gasteiger partial charge in [0.25, 0.3) is 0 Å². The van der Waals surface area contributed by atoms with Crippen molar-refractivity contribution in [3.05, 3.63) is 64.2 Å². The predicted octanol–water partition coefficient (Wildman–Crippen LogP) is 4.77. The lowest BCUT2D eigenvalue weighted by Gasteiger charge is -2.41. The molecule has 0 spiro atoms. The molecular formula is C18H18ClNO2. The lowest BCUT2D eigenvalue weighted by Crippen LogP contribution is -2.35. The normalized spacial score (nSPS) is 19.1. The van der Waals surface area contributed by atoms with Gasteiger partial charge in [-0.1, -0.05) is 37.6 Å². The van der Waals surface area contributed by atoms with Crippen LogP contribution >= 0.6 is 11.6 Å². The van der Waals surface area contributed by atoms with Crippen LogP contribution < -0.4 is 5.32 Å². The number of hydrogen-bond donors (Lipinski definition) is 2. The average molecular weight is 316 g/mol. The zero-order chi connectivity index (χ0) is 15.9. The number of rotatable bonds is 2. The highest BCUT2D eigenvalue weighted by Crippen LogP contribution is 2.45. The van der Waals surface area contributed by atoms with E-state index >= 15 is 0 Å². The van der Waals surface area contributed by atoms with Crippen molar-refractivity contribution in [1.29, 1.82) is 0 Å². The van der Waals surface area contributed by atoms with Gasteiger partial charge in [-0.2, -0.15) is 0 Å². The van der Waals surface area contributed by atoms with Crippen molar-refractivity contribution in [2.24, 2.45) is 5.41 Å². The third-order valence-electron chi connectivity index (χ3n) is 4.26. The molecule has 0 bridgehead atoms. The van der Waals surface area contributed by atoms with Crippen LogP contribution in [0.25, 0.3) is 0 Å². The molecule has 0 aromatic heterocycles. The molecule has 0 fully saturated rings. The number of carboxylic acid groups (broad SMARTS) is 1. The van der Waals surface area contributed by atoms with Gasteiger partial charge < -0.3 is 10.4 Å². The Morgan fingerprint density at radius 3 is 2.73 bits per heavy atom. The smallest absolute Gasteiger partial charge is 0.335 e. The van der Waals surface area contributed by atoms with Gasteiger partial charge in [0, 0.05) is 10.7 Å². The number of nitrogens with one attached hydrogen (secondary N) is 1. The van der Waals surface area contributed by atoms with Crippen molar-refractivity contribution in [2.45, 2.75) is 26.3 Å². The van der Waals surface area contributed by atoms with Gasteiger partial charge in [0.05, 0.1) is 11.6 Å². The second kappa shape index (κ2) is 5.33. The van der Waals surface area contributed by atoms with Gasteiger partial charge in [-0.05, 0) is 53.3 Å². The molecule has 0 amide bonds. The Bertz CT molecular complexity index is 740. The van der Waals surface area contributed by atoms with E-state index in [0.717, 1.165) is 28.3 Å². The van der Waals surface area contributed by atoms with Crippen LogP contribution in [0.2, 0.25) is 5.02 Å². The van der Waals surface area contributed by atoms with Crippen molar-refractivity contribution < 1.29 is 9.90 Å². The van der Waals surface area contributed by atoms with Gasteiger partial charge in [0.1, 0.15) is 0 Å². The molecule has 0 aliphatic carbocycles. The fourth-order valence-corrected chi connectivity index (χ4v) is 3.38. The molecule has 0 radical (unpaired) electrons. The van der Waals surface area contributed by atoms with Crippen molar-refractivity contribution in [2.75, 3.05) is 5.32 Å². The molecule has 4 heteroatoms. The maximum atomic E-state index is 11.1. The van der Waals surface area contributed by atoms with E-state index in [1.165, 1.54) is 0 Å². The van der Waals surface area contributed by atoms with E-state index in [1.54, 1.807) is 12.1 Å². The molecule has 1 heterocycles. The first-order chi connectivity index (χ1) is 10.4. The number of halogens is 1. The maximum Gasteiger partial charge on any atom is 0.335 e. The Morgan fingerprint density at radius 2 is 2.05 bits per heavy atom. The zero-order valence-corrected chi connectivity index (χ0v) is 13.3. The molecule has 3 rings (SSSR count). The Labute approximate surface area is 134 Å². The van der Waals surface area contributed by atoms with E-state index in [4.69, 9.17) is 16.7 Å². The second-order valence-corrected chi connectivity index (χ2v) is 6.91. The van der Waals surface area contributed by atoms with Crippen LogP contribution in [0.3, 0.4) is 0 Å². The number of fused-ring (bicyclic) bond motifs is 1. The van der Waals surface area contributed by atoms with Gasteiger partial charge in [-0.3, -0.25) is 0 Å². The topological polar surface area (TPSA) is 49.3 Å². The van der Waals surface area contributed by atoms with E-state index in [2.05, 4.69) is 25.2 Å². The number of carboxylic acids is 1. The van der Waals surface area contributed by atoms with Gasteiger partial charge >= 0.3 is 5.97 Å². The molecule has 1 unspecified atom stereocenters. The summed E-state index contributed by atoms with van der Waals surface area (Å²) in [4.78, 5) is 11.1. The summed E-state index contributed by atoms with van der Waals surface area (Å²) in [5.41, 5.74) is 3.47. The predicted molar refractivity (Wildman–Crippen MR) is 88.7 cm³/mol. The first-order valence-corrected chi connectivity index (χ1v) is 7.63. The Morgan fingerprint density at radius 1 is 1.27 bits per heavy atom. The van der Waals surface area contributed by atoms with E-state index in [0.29, 0.717) is 5.56 Å². The van der Waals surface area contributed by atoms with E-state index in [1.807, 2.05) is 24.3 Å². The molecule has 2 aromatic rings. The number of hydrogen-bond acceptors (Lipinski definition) is 2. The van der Waals surface area contributed by atoms with Crippen LogP contribution in [-0.4, -0.2) is 11.1 Å². The number of anilines is 1. The highest BCUT2D eigenvalue weighted by Gasteiger charge is 2.36. The van der Waals surface area contributed by atoms with Crippen molar-refractivity contribution >= 4 is 23.3 Å². The number of carbonyl (C=O) groups is 1. The van der Waals surface area contributed by atoms with Crippen LogP contribution in [0.5, 0.6) is 0 Å². The fourth-order valence-electron chi connectivity index (χ4n) is 3.18. The van der Waals surface area contributed by atoms with Crippen molar-refractivity contribution in [3.63, 3.8) is 0 Å². The van der Waals surface area contributed by atoms with E-state index < -0.39 is 5.97 Å². The SMILES string of the molecule is CC1(C)Cc2cc(C(=O)O)ccc2NC1c1cccc(Cl)c1. The molecule has 22 heavy (non-hydrogen) atoms. The Kier molecular flexibility index (Phi) is 3.61. The summed E-state index contributed by atoms with van der Waals surface area (Å²) in [6, 6.07) is 13.3. The van der Waals surface area contributed by atoms with E-state index in [-0.39, 0.29) is 11.5 Å². The summed E-state index contributed by atoms with van der Waals surface area (Å²) in [7, 11) is 0. The molecule has 3 nitrogen and oxygen atoms in total. The molecular weight excluding hydrogens is 298 g/mol. The van der Waals surface area contributed by atoms with Crippen molar-refractivity contribution in [3.8, 4) is 0 Å².